The van der Waals surface area contributed by atoms with E-state index in [-0.39, 0.29) is 5.41 Å². The molecule has 6 aromatic carbocycles. The molecule has 0 aliphatic heterocycles. The lowest BCUT2D eigenvalue weighted by molar-refractivity contribution is -0.0396. The first-order valence-electron chi connectivity index (χ1n) is 17.8. The summed E-state index contributed by atoms with van der Waals surface area (Å²) in [6, 6.07) is 44.7. The summed E-state index contributed by atoms with van der Waals surface area (Å²) in [6.07, 6.45) is 6.77. The van der Waals surface area contributed by atoms with Gasteiger partial charge in [0.05, 0.1) is 11.0 Å². The third-order valence-corrected chi connectivity index (χ3v) is 12.9. The maximum atomic E-state index is 7.08. The second-order valence-electron chi connectivity index (χ2n) is 15.2. The second-order valence-corrected chi connectivity index (χ2v) is 15.2. The summed E-state index contributed by atoms with van der Waals surface area (Å²) in [5, 5.41) is 5.01. The van der Waals surface area contributed by atoms with Gasteiger partial charge in [0, 0.05) is 33.0 Å². The molecule has 0 atom stereocenters. The minimum Gasteiger partial charge on any atom is -0.456 e. The van der Waals surface area contributed by atoms with Crippen LogP contribution in [0.5, 0.6) is 0 Å². The van der Waals surface area contributed by atoms with Crippen LogP contribution in [0.4, 0.5) is 0 Å². The lowest BCUT2D eigenvalue weighted by Gasteiger charge is -2.61. The van der Waals surface area contributed by atoms with Gasteiger partial charge in [0.1, 0.15) is 17.0 Å². The van der Waals surface area contributed by atoms with Crippen LogP contribution in [0.25, 0.3) is 71.9 Å². The van der Waals surface area contributed by atoms with Crippen LogP contribution in [0.3, 0.4) is 0 Å². The van der Waals surface area contributed by atoms with Crippen molar-refractivity contribution in [2.75, 3.05) is 0 Å². The first-order valence-corrected chi connectivity index (χ1v) is 17.8. The molecular formula is C45H34N2O. The van der Waals surface area contributed by atoms with Gasteiger partial charge in [-0.15, -0.1) is 0 Å². The number of fused-ring (bicyclic) bond motifs is 9. The van der Waals surface area contributed by atoms with Crippen molar-refractivity contribution in [3.63, 3.8) is 0 Å². The summed E-state index contributed by atoms with van der Waals surface area (Å²) >= 11 is 0. The van der Waals surface area contributed by atoms with Crippen molar-refractivity contribution < 1.29 is 4.42 Å². The molecule has 0 saturated heterocycles. The third-order valence-electron chi connectivity index (χ3n) is 12.9. The van der Waals surface area contributed by atoms with Crippen LogP contribution in [0.2, 0.25) is 0 Å². The Morgan fingerprint density at radius 3 is 2.15 bits per heavy atom. The highest BCUT2D eigenvalue weighted by atomic mass is 16.3. The van der Waals surface area contributed by atoms with Crippen LogP contribution >= 0.6 is 0 Å². The third kappa shape index (κ3) is 3.18. The van der Waals surface area contributed by atoms with Gasteiger partial charge >= 0.3 is 0 Å². The van der Waals surface area contributed by atoms with Crippen LogP contribution < -0.4 is 0 Å². The van der Waals surface area contributed by atoms with E-state index in [1.165, 1.54) is 81.5 Å². The Bertz CT molecular complexity index is 2610. The molecule has 2 heterocycles. The highest BCUT2D eigenvalue weighted by Crippen LogP contribution is 2.70. The maximum absolute atomic E-state index is 7.08. The van der Waals surface area contributed by atoms with Gasteiger partial charge in [0.15, 0.2) is 0 Å². The number of aromatic nitrogens is 2. The molecule has 230 valence electrons. The summed E-state index contributed by atoms with van der Waals surface area (Å²) in [4.78, 5) is 5.31. The predicted molar refractivity (Wildman–Crippen MR) is 195 cm³/mol. The van der Waals surface area contributed by atoms with Gasteiger partial charge in [-0.2, -0.15) is 0 Å². The molecule has 4 bridgehead atoms. The van der Waals surface area contributed by atoms with Crippen molar-refractivity contribution in [2.45, 2.75) is 37.5 Å². The molecule has 4 saturated carbocycles. The van der Waals surface area contributed by atoms with Gasteiger partial charge in [-0.05, 0) is 132 Å². The van der Waals surface area contributed by atoms with Gasteiger partial charge < -0.3 is 4.42 Å². The Morgan fingerprint density at radius 1 is 0.625 bits per heavy atom. The van der Waals surface area contributed by atoms with Crippen LogP contribution in [-0.4, -0.2) is 9.55 Å². The van der Waals surface area contributed by atoms with Crippen molar-refractivity contribution in [3.05, 3.63) is 132 Å². The number of nitrogens with zero attached hydrogens (tertiary/aromatic N) is 2. The highest BCUT2D eigenvalue weighted by molar-refractivity contribution is 6.13. The molecule has 8 aromatic rings. The van der Waals surface area contributed by atoms with Crippen LogP contribution in [0.15, 0.2) is 126 Å². The topological polar surface area (TPSA) is 31.0 Å². The Kier molecular flexibility index (Phi) is 4.88. The standard InChI is InChI=1S/C45H34N2O/c1-2-10-33(11-3-1)47-40-13-7-6-12-39(40)46-44(47)30-14-15-34-35-16-17-36-37-23-28-8-4-5-9-29(28)25-41(37)48-43(36)42(35)45(38(34)24-30)31-19-26-18-27(21-31)22-32(45)20-26/h1-17,23-27,31-32H,18-22H2. The Labute approximate surface area is 278 Å². The summed E-state index contributed by atoms with van der Waals surface area (Å²) in [7, 11) is 0. The van der Waals surface area contributed by atoms with Crippen molar-refractivity contribution in [3.8, 4) is 28.2 Å². The number of hydrogen-bond acceptors (Lipinski definition) is 2. The predicted octanol–water partition coefficient (Wildman–Crippen LogP) is 11.5. The van der Waals surface area contributed by atoms with Gasteiger partial charge in [0.25, 0.3) is 0 Å². The first-order chi connectivity index (χ1) is 23.7. The fraction of sp³-hybridized carbons (Fsp3) is 0.222. The Balaban J connectivity index is 1.15. The number of hydrogen-bond donors (Lipinski definition) is 0. The molecule has 13 rings (SSSR count). The molecule has 3 nitrogen and oxygen atoms in total. The van der Waals surface area contributed by atoms with Crippen LogP contribution in [-0.2, 0) is 5.41 Å². The van der Waals surface area contributed by atoms with Crippen LogP contribution in [0, 0.1) is 23.7 Å². The largest absolute Gasteiger partial charge is 0.456 e. The summed E-state index contributed by atoms with van der Waals surface area (Å²) in [6.45, 7) is 0. The maximum Gasteiger partial charge on any atom is 0.145 e. The molecule has 2 aromatic heterocycles. The van der Waals surface area contributed by atoms with E-state index in [1.807, 2.05) is 0 Å². The number of para-hydroxylation sites is 3. The molecule has 4 fully saturated rings. The van der Waals surface area contributed by atoms with Crippen LogP contribution in [0.1, 0.15) is 43.2 Å². The first kappa shape index (κ1) is 25.9. The van der Waals surface area contributed by atoms with E-state index >= 15 is 0 Å². The van der Waals surface area contributed by atoms with E-state index in [0.29, 0.717) is 11.8 Å². The summed E-state index contributed by atoms with van der Waals surface area (Å²) < 4.78 is 9.43. The van der Waals surface area contributed by atoms with Gasteiger partial charge in [-0.25, -0.2) is 4.98 Å². The molecule has 0 radical (unpaired) electrons. The molecule has 1 spiro atoms. The van der Waals surface area contributed by atoms with E-state index in [2.05, 4.69) is 126 Å². The molecule has 0 N–H and O–H groups in total. The quantitative estimate of drug-likeness (QED) is 0.193. The number of furan rings is 1. The fourth-order valence-corrected chi connectivity index (χ4v) is 11.4. The number of rotatable bonds is 2. The lowest BCUT2D eigenvalue weighted by atomic mass is 9.43. The van der Waals surface area contributed by atoms with E-state index in [4.69, 9.17) is 9.40 Å². The minimum absolute atomic E-state index is 0.0372. The van der Waals surface area contributed by atoms with E-state index in [0.717, 1.165) is 45.5 Å². The lowest BCUT2D eigenvalue weighted by Crippen LogP contribution is -2.55. The van der Waals surface area contributed by atoms with E-state index in [1.54, 1.807) is 0 Å². The molecule has 0 unspecified atom stereocenters. The zero-order valence-electron chi connectivity index (χ0n) is 26.7. The summed E-state index contributed by atoms with van der Waals surface area (Å²) in [5.74, 6) is 4.03. The molecule has 0 amide bonds. The molecule has 3 heteroatoms. The normalized spacial score (nSPS) is 25.2. The fourth-order valence-electron chi connectivity index (χ4n) is 11.4. The Hall–Kier alpha value is -5.15. The average Bonchev–Trinajstić information content (AvgIpc) is 3.78. The van der Waals surface area contributed by atoms with E-state index in [9.17, 15) is 0 Å². The smallest absolute Gasteiger partial charge is 0.145 e. The number of imidazole rings is 1. The second kappa shape index (κ2) is 9.05. The van der Waals surface area contributed by atoms with Gasteiger partial charge in [-0.3, -0.25) is 4.57 Å². The monoisotopic (exact) mass is 618 g/mol. The zero-order chi connectivity index (χ0) is 31.1. The number of benzene rings is 6. The minimum atomic E-state index is -0.0372. The average molecular weight is 619 g/mol. The molecular weight excluding hydrogens is 585 g/mol. The highest BCUT2D eigenvalue weighted by Gasteiger charge is 2.62. The SMILES string of the molecule is c1ccc(-n2c(-c3ccc4c(c3)C3(c5c-4ccc4c5oc5cc6ccccc6cc54)C4CC5CC(C4)CC3C5)nc3ccccc32)cc1. The van der Waals surface area contributed by atoms with Gasteiger partial charge in [-0.1, -0.05) is 72.8 Å². The Morgan fingerprint density at radius 2 is 1.33 bits per heavy atom. The van der Waals surface area contributed by atoms with E-state index < -0.39 is 0 Å². The van der Waals surface area contributed by atoms with Crippen molar-refractivity contribution >= 4 is 43.7 Å². The zero-order valence-corrected chi connectivity index (χ0v) is 26.7. The van der Waals surface area contributed by atoms with Crippen molar-refractivity contribution in [1.29, 1.82) is 0 Å². The van der Waals surface area contributed by atoms with Crippen molar-refractivity contribution in [2.24, 2.45) is 23.7 Å². The van der Waals surface area contributed by atoms with Crippen molar-refractivity contribution in [1.82, 2.24) is 9.55 Å². The molecule has 5 aliphatic carbocycles. The summed E-state index contributed by atoms with van der Waals surface area (Å²) in [5.41, 5.74) is 12.4. The molecule has 5 aliphatic rings. The van der Waals surface area contributed by atoms with Gasteiger partial charge in [0.2, 0.25) is 0 Å². The molecule has 48 heavy (non-hydrogen) atoms.